The number of hydrogen-bond donors (Lipinski definition) is 0. The minimum absolute atomic E-state index is 0.716. The molecule has 1 aromatic rings. The molecule has 0 fully saturated rings. The third-order valence-corrected chi connectivity index (χ3v) is 1.18. The van der Waals surface area contributed by atoms with Gasteiger partial charge in [0.15, 0.2) is 12.0 Å². The molecule has 0 atom stereocenters. The molecular formula is C7H11NO2. The van der Waals surface area contributed by atoms with Gasteiger partial charge in [-0.3, -0.25) is 0 Å². The zero-order valence-corrected chi connectivity index (χ0v) is 6.04. The molecule has 0 spiro atoms. The molecule has 0 bridgehead atoms. The van der Waals surface area contributed by atoms with Crippen molar-refractivity contribution in [2.24, 2.45) is 0 Å². The fraction of sp³-hybridized carbons (Fsp3) is 0.571. The molecule has 3 nitrogen and oxygen atoms in total. The Kier molecular flexibility index (Phi) is 2.80. The van der Waals surface area contributed by atoms with Crippen LogP contribution < -0.4 is 4.74 Å². The monoisotopic (exact) mass is 141 g/mol. The van der Waals surface area contributed by atoms with Crippen LogP contribution in [0.3, 0.4) is 0 Å². The van der Waals surface area contributed by atoms with Gasteiger partial charge >= 0.3 is 0 Å². The lowest BCUT2D eigenvalue weighted by atomic mass is 10.4. The van der Waals surface area contributed by atoms with E-state index in [-0.39, 0.29) is 0 Å². The van der Waals surface area contributed by atoms with Crippen LogP contribution in [0.4, 0.5) is 0 Å². The average Bonchev–Trinajstić information content (AvgIpc) is 2.41. The van der Waals surface area contributed by atoms with E-state index in [0.29, 0.717) is 5.75 Å². The second-order valence-electron chi connectivity index (χ2n) is 2.06. The SMILES string of the molecule is CCCCOc1cnoc1. The van der Waals surface area contributed by atoms with E-state index < -0.39 is 0 Å². The number of rotatable bonds is 4. The average molecular weight is 141 g/mol. The van der Waals surface area contributed by atoms with Crippen molar-refractivity contribution in [2.45, 2.75) is 19.8 Å². The standard InChI is InChI=1S/C7H11NO2/c1-2-3-4-9-7-5-8-10-6-7/h5-6H,2-4H2,1H3. The fourth-order valence-corrected chi connectivity index (χ4v) is 0.601. The van der Waals surface area contributed by atoms with Gasteiger partial charge < -0.3 is 9.26 Å². The van der Waals surface area contributed by atoms with Gasteiger partial charge in [0.05, 0.1) is 6.61 Å². The summed E-state index contributed by atoms with van der Waals surface area (Å²) in [6.07, 6.45) is 5.28. The third-order valence-electron chi connectivity index (χ3n) is 1.18. The molecule has 0 saturated heterocycles. The zero-order chi connectivity index (χ0) is 7.23. The van der Waals surface area contributed by atoms with Crippen LogP contribution in [-0.2, 0) is 0 Å². The lowest BCUT2D eigenvalue weighted by molar-refractivity contribution is 0.305. The summed E-state index contributed by atoms with van der Waals surface area (Å²) < 4.78 is 9.80. The summed E-state index contributed by atoms with van der Waals surface area (Å²) in [6.45, 7) is 2.87. The Morgan fingerprint density at radius 2 is 2.60 bits per heavy atom. The second kappa shape index (κ2) is 3.93. The molecule has 0 amide bonds. The molecule has 0 N–H and O–H groups in total. The Labute approximate surface area is 60.0 Å². The first-order valence-electron chi connectivity index (χ1n) is 3.45. The minimum atomic E-state index is 0.716. The van der Waals surface area contributed by atoms with Crippen molar-refractivity contribution in [2.75, 3.05) is 6.61 Å². The summed E-state index contributed by atoms with van der Waals surface area (Å²) in [4.78, 5) is 0. The molecule has 0 aromatic carbocycles. The lowest BCUT2D eigenvalue weighted by Gasteiger charge is -1.98. The van der Waals surface area contributed by atoms with E-state index >= 15 is 0 Å². The highest BCUT2D eigenvalue weighted by Crippen LogP contribution is 2.07. The predicted molar refractivity (Wildman–Crippen MR) is 36.9 cm³/mol. The summed E-state index contributed by atoms with van der Waals surface area (Å²) in [7, 11) is 0. The van der Waals surface area contributed by atoms with Crippen molar-refractivity contribution in [3.05, 3.63) is 12.5 Å². The highest BCUT2D eigenvalue weighted by Gasteiger charge is 1.92. The molecule has 56 valence electrons. The van der Waals surface area contributed by atoms with E-state index in [1.165, 1.54) is 6.26 Å². The van der Waals surface area contributed by atoms with Crippen molar-refractivity contribution < 1.29 is 9.26 Å². The molecule has 0 aliphatic carbocycles. The molecule has 0 saturated carbocycles. The third kappa shape index (κ3) is 2.09. The fourth-order valence-electron chi connectivity index (χ4n) is 0.601. The van der Waals surface area contributed by atoms with Gasteiger partial charge in [0.25, 0.3) is 0 Å². The molecule has 0 aliphatic heterocycles. The summed E-state index contributed by atoms with van der Waals surface area (Å²) in [5.74, 6) is 0.716. The van der Waals surface area contributed by atoms with E-state index in [0.717, 1.165) is 19.4 Å². The molecule has 10 heavy (non-hydrogen) atoms. The van der Waals surface area contributed by atoms with Gasteiger partial charge in [-0.25, -0.2) is 0 Å². The number of aromatic nitrogens is 1. The van der Waals surface area contributed by atoms with Crippen molar-refractivity contribution >= 4 is 0 Å². The normalized spacial score (nSPS) is 9.70. The molecule has 1 rings (SSSR count). The minimum Gasteiger partial charge on any atom is -0.489 e. The van der Waals surface area contributed by atoms with Gasteiger partial charge in [-0.15, -0.1) is 0 Å². The summed E-state index contributed by atoms with van der Waals surface area (Å²) >= 11 is 0. The maximum absolute atomic E-state index is 5.23. The molecule has 1 aromatic heterocycles. The van der Waals surface area contributed by atoms with E-state index in [1.807, 2.05) is 0 Å². The van der Waals surface area contributed by atoms with Gasteiger partial charge in [0.1, 0.15) is 6.20 Å². The van der Waals surface area contributed by atoms with E-state index in [2.05, 4.69) is 16.6 Å². The topological polar surface area (TPSA) is 35.3 Å². The first-order chi connectivity index (χ1) is 4.93. The number of hydrogen-bond acceptors (Lipinski definition) is 3. The van der Waals surface area contributed by atoms with Crippen molar-refractivity contribution in [1.82, 2.24) is 5.16 Å². The second-order valence-corrected chi connectivity index (χ2v) is 2.06. The van der Waals surface area contributed by atoms with Crippen molar-refractivity contribution in [3.8, 4) is 5.75 Å². The smallest absolute Gasteiger partial charge is 0.178 e. The van der Waals surface area contributed by atoms with Crippen LogP contribution in [-0.4, -0.2) is 11.8 Å². The predicted octanol–water partition coefficient (Wildman–Crippen LogP) is 1.85. The number of unbranched alkanes of at least 4 members (excludes halogenated alkanes) is 1. The summed E-state index contributed by atoms with van der Waals surface area (Å²) in [5, 5.41) is 3.50. The van der Waals surface area contributed by atoms with E-state index in [1.54, 1.807) is 6.20 Å². The summed E-state index contributed by atoms with van der Waals surface area (Å²) in [5.41, 5.74) is 0. The maximum atomic E-state index is 5.23. The van der Waals surface area contributed by atoms with Gasteiger partial charge in [-0.2, -0.15) is 0 Å². The van der Waals surface area contributed by atoms with E-state index in [9.17, 15) is 0 Å². The Bertz CT molecular complexity index is 160. The number of nitrogens with zero attached hydrogens (tertiary/aromatic N) is 1. The van der Waals surface area contributed by atoms with Gasteiger partial charge in [0, 0.05) is 0 Å². The lowest BCUT2D eigenvalue weighted by Crippen LogP contribution is -1.94. The Balaban J connectivity index is 2.15. The zero-order valence-electron chi connectivity index (χ0n) is 6.04. The quantitative estimate of drug-likeness (QED) is 0.600. The molecule has 0 unspecified atom stereocenters. The van der Waals surface area contributed by atoms with Crippen LogP contribution in [0.1, 0.15) is 19.8 Å². The highest BCUT2D eigenvalue weighted by molar-refractivity contribution is 5.07. The first-order valence-corrected chi connectivity index (χ1v) is 3.45. The Hall–Kier alpha value is -0.990. The molecule has 0 aliphatic rings. The Morgan fingerprint density at radius 3 is 3.20 bits per heavy atom. The molecule has 1 heterocycles. The van der Waals surface area contributed by atoms with Crippen LogP contribution in [0.15, 0.2) is 17.0 Å². The van der Waals surface area contributed by atoms with Gasteiger partial charge in [0.2, 0.25) is 0 Å². The van der Waals surface area contributed by atoms with Crippen molar-refractivity contribution in [3.63, 3.8) is 0 Å². The van der Waals surface area contributed by atoms with Crippen LogP contribution in [0.25, 0.3) is 0 Å². The van der Waals surface area contributed by atoms with Crippen LogP contribution in [0.2, 0.25) is 0 Å². The number of ether oxygens (including phenoxy) is 1. The van der Waals surface area contributed by atoms with Crippen molar-refractivity contribution in [1.29, 1.82) is 0 Å². The molecular weight excluding hydrogens is 130 g/mol. The van der Waals surface area contributed by atoms with E-state index in [4.69, 9.17) is 4.74 Å². The van der Waals surface area contributed by atoms with Crippen LogP contribution in [0, 0.1) is 0 Å². The first kappa shape index (κ1) is 7.12. The van der Waals surface area contributed by atoms with Crippen LogP contribution >= 0.6 is 0 Å². The largest absolute Gasteiger partial charge is 0.489 e. The van der Waals surface area contributed by atoms with Crippen LogP contribution in [0.5, 0.6) is 5.75 Å². The molecule has 3 heteroatoms. The maximum Gasteiger partial charge on any atom is 0.178 e. The summed E-state index contributed by atoms with van der Waals surface area (Å²) in [6, 6.07) is 0. The molecule has 0 radical (unpaired) electrons. The van der Waals surface area contributed by atoms with Gasteiger partial charge in [-0.1, -0.05) is 18.5 Å². The highest BCUT2D eigenvalue weighted by atomic mass is 16.5. The Morgan fingerprint density at radius 1 is 1.70 bits per heavy atom. The van der Waals surface area contributed by atoms with Gasteiger partial charge in [-0.05, 0) is 6.42 Å².